The number of imidazole rings is 1. The number of hydrogen-bond donors (Lipinski definition) is 0. The second kappa shape index (κ2) is 11.9. The third kappa shape index (κ3) is 7.12. The summed E-state index contributed by atoms with van der Waals surface area (Å²) in [7, 11) is 3.55. The number of carbonyl (C=O) groups excluding carboxylic acids is 1. The van der Waals surface area contributed by atoms with Crippen LogP contribution in [0.15, 0.2) is 65.0 Å². The first-order chi connectivity index (χ1) is 15.1. The van der Waals surface area contributed by atoms with Gasteiger partial charge in [0.15, 0.2) is 5.16 Å². The Balaban J connectivity index is 1.52. The van der Waals surface area contributed by atoms with Gasteiger partial charge < -0.3 is 14.2 Å². The van der Waals surface area contributed by atoms with Crippen LogP contribution in [0.5, 0.6) is 0 Å². The molecule has 0 aliphatic heterocycles. The Bertz CT molecular complexity index is 979. The first kappa shape index (κ1) is 23.4. The Morgan fingerprint density at radius 3 is 2.71 bits per heavy atom. The van der Waals surface area contributed by atoms with Crippen molar-refractivity contribution >= 4 is 29.5 Å². The highest BCUT2D eigenvalue weighted by atomic mass is 32.2. The van der Waals surface area contributed by atoms with E-state index in [-0.39, 0.29) is 12.5 Å². The number of rotatable bonds is 11. The largest absolute Gasteiger partial charge is 0.468 e. The summed E-state index contributed by atoms with van der Waals surface area (Å²) in [6.45, 7) is 4.25. The highest BCUT2D eigenvalue weighted by Crippen LogP contribution is 2.28. The molecule has 8 heteroatoms. The molecule has 2 heterocycles. The molecule has 0 unspecified atom stereocenters. The minimum absolute atomic E-state index is 0.164. The van der Waals surface area contributed by atoms with E-state index >= 15 is 0 Å². The summed E-state index contributed by atoms with van der Waals surface area (Å²) in [5.74, 6) is 1.43. The molecule has 3 aromatic rings. The monoisotopic (exact) mass is 456 g/mol. The van der Waals surface area contributed by atoms with Gasteiger partial charge in [-0.3, -0.25) is 9.78 Å². The summed E-state index contributed by atoms with van der Waals surface area (Å²) in [5, 5.41) is 0.784. The van der Waals surface area contributed by atoms with Gasteiger partial charge in [-0.1, -0.05) is 42.1 Å². The summed E-state index contributed by atoms with van der Waals surface area (Å²) in [6.07, 6.45) is 5.36. The predicted octanol–water partition coefficient (Wildman–Crippen LogP) is 4.28. The summed E-state index contributed by atoms with van der Waals surface area (Å²) in [5.41, 5.74) is 3.58. The molecular weight excluding hydrogens is 428 g/mol. The summed E-state index contributed by atoms with van der Waals surface area (Å²) < 4.78 is 6.55. The molecule has 0 saturated carbocycles. The minimum atomic E-state index is -0.287. The quantitative estimate of drug-likeness (QED) is 0.315. The number of methoxy groups -OCH3 is 1. The molecule has 0 spiro atoms. The van der Waals surface area contributed by atoms with Crippen LogP contribution < -0.4 is 0 Å². The Labute approximate surface area is 192 Å². The zero-order chi connectivity index (χ0) is 22.1. The molecule has 3 rings (SSSR count). The highest BCUT2D eigenvalue weighted by molar-refractivity contribution is 7.99. The minimum Gasteiger partial charge on any atom is -0.468 e. The van der Waals surface area contributed by atoms with Gasteiger partial charge in [0.25, 0.3) is 0 Å². The van der Waals surface area contributed by atoms with E-state index in [9.17, 15) is 4.79 Å². The van der Waals surface area contributed by atoms with Crippen molar-refractivity contribution < 1.29 is 9.53 Å². The van der Waals surface area contributed by atoms with Gasteiger partial charge in [0.1, 0.15) is 6.54 Å². The molecule has 2 aromatic heterocycles. The lowest BCUT2D eigenvalue weighted by Gasteiger charge is -2.17. The number of nitrogens with zero attached hydrogens (tertiary/aromatic N) is 4. The first-order valence-corrected chi connectivity index (χ1v) is 12.0. The smallest absolute Gasteiger partial charge is 0.325 e. The average Bonchev–Trinajstić information content (AvgIpc) is 3.21. The van der Waals surface area contributed by atoms with Crippen molar-refractivity contribution in [1.29, 1.82) is 0 Å². The van der Waals surface area contributed by atoms with Crippen molar-refractivity contribution in [3.05, 3.63) is 71.8 Å². The molecular formula is C23H28N4O2S2. The van der Waals surface area contributed by atoms with Gasteiger partial charge in [-0.15, -0.1) is 11.8 Å². The number of benzene rings is 1. The second-order valence-corrected chi connectivity index (χ2v) is 9.23. The van der Waals surface area contributed by atoms with Crippen LogP contribution in [0.3, 0.4) is 0 Å². The molecule has 0 radical (unpaired) electrons. The molecule has 0 atom stereocenters. The molecule has 0 amide bonds. The standard InChI is InChI=1S/C23H28N4O2S2/c1-18-20(17-31-23-25-11-12-27(23)16-22(28)29-3)24-10-9-21(18)30-14-13-26(2)15-19-7-5-4-6-8-19/h4-12H,13-17H2,1-3H3. The van der Waals surface area contributed by atoms with Gasteiger partial charge in [-0.2, -0.15) is 0 Å². The van der Waals surface area contributed by atoms with Crippen LogP contribution in [0.2, 0.25) is 0 Å². The third-order valence-electron chi connectivity index (χ3n) is 4.83. The zero-order valence-corrected chi connectivity index (χ0v) is 19.8. The Morgan fingerprint density at radius 1 is 1.13 bits per heavy atom. The lowest BCUT2D eigenvalue weighted by molar-refractivity contribution is -0.141. The van der Waals surface area contributed by atoms with E-state index in [4.69, 9.17) is 4.74 Å². The van der Waals surface area contributed by atoms with Crippen LogP contribution in [0.1, 0.15) is 16.8 Å². The number of thioether (sulfide) groups is 2. The van der Waals surface area contributed by atoms with Gasteiger partial charge in [-0.05, 0) is 31.2 Å². The molecule has 0 fully saturated rings. The second-order valence-electron chi connectivity index (χ2n) is 7.16. The molecule has 0 aliphatic rings. The van der Waals surface area contributed by atoms with Crippen LogP contribution in [-0.4, -0.2) is 51.9 Å². The number of aromatic nitrogens is 3. The Morgan fingerprint density at radius 2 is 1.94 bits per heavy atom. The first-order valence-electron chi connectivity index (χ1n) is 10.1. The van der Waals surface area contributed by atoms with Crippen LogP contribution in [-0.2, 0) is 28.4 Å². The number of carbonyl (C=O) groups is 1. The van der Waals surface area contributed by atoms with Crippen molar-refractivity contribution in [2.24, 2.45) is 0 Å². The lowest BCUT2D eigenvalue weighted by atomic mass is 10.2. The summed E-state index contributed by atoms with van der Waals surface area (Å²) in [6, 6.07) is 12.6. The Kier molecular flexibility index (Phi) is 8.99. The molecule has 6 nitrogen and oxygen atoms in total. The molecule has 0 saturated heterocycles. The van der Waals surface area contributed by atoms with Gasteiger partial charge >= 0.3 is 5.97 Å². The van der Waals surface area contributed by atoms with Gasteiger partial charge in [0.2, 0.25) is 0 Å². The summed E-state index contributed by atoms with van der Waals surface area (Å²) in [4.78, 5) is 24.1. The van der Waals surface area contributed by atoms with Crippen molar-refractivity contribution in [1.82, 2.24) is 19.4 Å². The Hall–Kier alpha value is -2.29. The number of esters is 1. The number of ether oxygens (including phenoxy) is 1. The fraction of sp³-hybridized carbons (Fsp3) is 0.348. The maximum absolute atomic E-state index is 11.6. The van der Waals surface area contributed by atoms with Gasteiger partial charge in [0.05, 0.1) is 12.8 Å². The molecule has 31 heavy (non-hydrogen) atoms. The topological polar surface area (TPSA) is 60.3 Å². The molecule has 0 bridgehead atoms. The van der Waals surface area contributed by atoms with Gasteiger partial charge in [-0.25, -0.2) is 4.98 Å². The van der Waals surface area contributed by atoms with Crippen LogP contribution in [0, 0.1) is 6.92 Å². The van der Waals surface area contributed by atoms with E-state index in [2.05, 4.69) is 59.2 Å². The maximum atomic E-state index is 11.6. The zero-order valence-electron chi connectivity index (χ0n) is 18.2. The van der Waals surface area contributed by atoms with Gasteiger partial charge in [0, 0.05) is 48.1 Å². The average molecular weight is 457 g/mol. The molecule has 0 aliphatic carbocycles. The fourth-order valence-electron chi connectivity index (χ4n) is 3.04. The highest BCUT2D eigenvalue weighted by Gasteiger charge is 2.12. The van der Waals surface area contributed by atoms with Crippen molar-refractivity contribution in [3.8, 4) is 0 Å². The number of hydrogen-bond acceptors (Lipinski definition) is 7. The fourth-order valence-corrected chi connectivity index (χ4v) is 5.14. The van der Waals surface area contributed by atoms with E-state index in [0.29, 0.717) is 5.75 Å². The van der Waals surface area contributed by atoms with Crippen LogP contribution >= 0.6 is 23.5 Å². The normalized spacial score (nSPS) is 11.1. The van der Waals surface area contributed by atoms with Crippen LogP contribution in [0.25, 0.3) is 0 Å². The maximum Gasteiger partial charge on any atom is 0.325 e. The SMILES string of the molecule is COC(=O)Cn1ccnc1SCc1nccc(SCCN(C)Cc2ccccc2)c1C. The van der Waals surface area contributed by atoms with Crippen molar-refractivity contribution in [2.45, 2.75) is 35.8 Å². The lowest BCUT2D eigenvalue weighted by Crippen LogP contribution is -2.20. The number of pyridine rings is 1. The van der Waals surface area contributed by atoms with E-state index in [1.807, 2.05) is 24.0 Å². The van der Waals surface area contributed by atoms with E-state index < -0.39 is 0 Å². The summed E-state index contributed by atoms with van der Waals surface area (Å²) >= 11 is 3.44. The van der Waals surface area contributed by atoms with Crippen molar-refractivity contribution in [2.75, 3.05) is 26.5 Å². The van der Waals surface area contributed by atoms with Crippen LogP contribution in [0.4, 0.5) is 0 Å². The molecule has 1 aromatic carbocycles. The van der Waals surface area contributed by atoms with Crippen molar-refractivity contribution in [3.63, 3.8) is 0 Å². The predicted molar refractivity (Wildman–Crippen MR) is 126 cm³/mol. The van der Waals surface area contributed by atoms with E-state index in [0.717, 1.165) is 29.7 Å². The molecule has 0 N–H and O–H groups in total. The molecule has 164 valence electrons. The van der Waals surface area contributed by atoms with E-state index in [1.165, 1.54) is 23.1 Å². The van der Waals surface area contributed by atoms with E-state index in [1.54, 1.807) is 28.7 Å². The third-order valence-corrected chi connectivity index (χ3v) is 6.98.